The number of nitrogens with zero attached hydrogens (tertiary/aromatic N) is 3. The molecule has 0 unspecified atom stereocenters. The molecule has 2 aromatic carbocycles. The third kappa shape index (κ3) is 3.71. The van der Waals surface area contributed by atoms with Gasteiger partial charge in [0.1, 0.15) is 16.4 Å². The molecule has 1 aromatic heterocycles. The van der Waals surface area contributed by atoms with Crippen LogP contribution in [0, 0.1) is 5.41 Å². The van der Waals surface area contributed by atoms with Crippen LogP contribution in [0.2, 0.25) is 0 Å². The molecule has 0 saturated carbocycles. The smallest absolute Gasteiger partial charge is 0.261 e. The van der Waals surface area contributed by atoms with Crippen LogP contribution in [0.15, 0.2) is 54.6 Å². The first-order valence-corrected chi connectivity index (χ1v) is 11.4. The third-order valence-electron chi connectivity index (χ3n) is 5.98. The number of nitrogens with two attached hydrogens (primary N) is 1. The van der Waals surface area contributed by atoms with E-state index in [9.17, 15) is 9.59 Å². The van der Waals surface area contributed by atoms with Crippen LogP contribution in [0.1, 0.15) is 23.0 Å². The van der Waals surface area contributed by atoms with E-state index in [1.807, 2.05) is 66.4 Å². The molecule has 2 aliphatic rings. The van der Waals surface area contributed by atoms with Gasteiger partial charge in [0, 0.05) is 43.6 Å². The van der Waals surface area contributed by atoms with Crippen molar-refractivity contribution in [1.29, 1.82) is 0 Å². The van der Waals surface area contributed by atoms with Crippen molar-refractivity contribution in [3.8, 4) is 22.8 Å². The lowest BCUT2D eigenvalue weighted by atomic mass is 9.73. The van der Waals surface area contributed by atoms with Gasteiger partial charge >= 0.3 is 0 Å². The molecule has 0 bridgehead atoms. The van der Waals surface area contributed by atoms with Crippen LogP contribution in [0.25, 0.3) is 11.3 Å². The van der Waals surface area contributed by atoms with E-state index >= 15 is 0 Å². The fourth-order valence-electron chi connectivity index (χ4n) is 4.37. The second-order valence-corrected chi connectivity index (χ2v) is 9.41. The number of amides is 2. The molecular weight excluding hydrogens is 424 g/mol. The highest BCUT2D eigenvalue weighted by molar-refractivity contribution is 7.18. The minimum Gasteiger partial charge on any atom is -0.457 e. The fourth-order valence-corrected chi connectivity index (χ4v) is 5.31. The largest absolute Gasteiger partial charge is 0.457 e. The zero-order valence-electron chi connectivity index (χ0n) is 17.8. The van der Waals surface area contributed by atoms with Gasteiger partial charge < -0.3 is 20.3 Å². The lowest BCUT2D eigenvalue weighted by molar-refractivity contribution is -0.144. The summed E-state index contributed by atoms with van der Waals surface area (Å²) in [6.07, 6.45) is 0.548. The predicted molar refractivity (Wildman–Crippen MR) is 124 cm³/mol. The second kappa shape index (κ2) is 7.94. The number of ether oxygens (including phenoxy) is 1. The molecule has 2 fully saturated rings. The molecule has 0 aliphatic carbocycles. The first-order chi connectivity index (χ1) is 15.5. The topological polar surface area (TPSA) is 88.8 Å². The van der Waals surface area contributed by atoms with Gasteiger partial charge in [-0.2, -0.15) is 0 Å². The zero-order valence-corrected chi connectivity index (χ0v) is 18.6. The molecule has 2 amide bonds. The zero-order chi connectivity index (χ0) is 22.3. The minimum atomic E-state index is -0.480. The first-order valence-electron chi connectivity index (χ1n) is 10.6. The van der Waals surface area contributed by atoms with E-state index in [1.54, 1.807) is 0 Å². The van der Waals surface area contributed by atoms with Gasteiger partial charge in [0.15, 0.2) is 5.13 Å². The van der Waals surface area contributed by atoms with Crippen LogP contribution in [-0.4, -0.2) is 47.9 Å². The Morgan fingerprint density at radius 2 is 1.69 bits per heavy atom. The Morgan fingerprint density at radius 1 is 1.03 bits per heavy atom. The Kier molecular flexibility index (Phi) is 5.09. The van der Waals surface area contributed by atoms with Gasteiger partial charge in [0.05, 0.1) is 5.69 Å². The van der Waals surface area contributed by atoms with Crippen LogP contribution in [0.3, 0.4) is 0 Å². The van der Waals surface area contributed by atoms with Gasteiger partial charge in [0.25, 0.3) is 5.91 Å². The fraction of sp³-hybridized carbons (Fsp3) is 0.292. The van der Waals surface area contributed by atoms with E-state index in [1.165, 1.54) is 11.3 Å². The second-order valence-electron chi connectivity index (χ2n) is 8.44. The first kappa shape index (κ1) is 20.5. The van der Waals surface area contributed by atoms with E-state index in [0.29, 0.717) is 22.7 Å². The van der Waals surface area contributed by atoms with Gasteiger partial charge in [-0.3, -0.25) is 9.59 Å². The van der Waals surface area contributed by atoms with Gasteiger partial charge in [-0.05, 0) is 36.4 Å². The number of carbonyl (C=O) groups is 2. The number of carbonyl (C=O) groups excluding carboxylic acids is 2. The molecule has 8 heteroatoms. The van der Waals surface area contributed by atoms with Crippen LogP contribution in [0.4, 0.5) is 5.13 Å². The van der Waals surface area contributed by atoms with Crippen molar-refractivity contribution >= 4 is 28.3 Å². The summed E-state index contributed by atoms with van der Waals surface area (Å²) in [5, 5.41) is 0.796. The lowest BCUT2D eigenvalue weighted by Crippen LogP contribution is -2.73. The van der Waals surface area contributed by atoms with Crippen molar-refractivity contribution in [2.24, 2.45) is 11.1 Å². The highest BCUT2D eigenvalue weighted by Crippen LogP contribution is 2.44. The third-order valence-corrected chi connectivity index (χ3v) is 7.11. The number of primary amides is 1. The number of thiazole rings is 1. The molecular formula is C24H24N4O3S. The molecule has 32 heavy (non-hydrogen) atoms. The Labute approximate surface area is 190 Å². The summed E-state index contributed by atoms with van der Waals surface area (Å²) < 4.78 is 5.85. The minimum absolute atomic E-state index is 0.167. The van der Waals surface area contributed by atoms with E-state index in [4.69, 9.17) is 15.5 Å². The number of rotatable bonds is 6. The van der Waals surface area contributed by atoms with Crippen LogP contribution >= 0.6 is 11.3 Å². The van der Waals surface area contributed by atoms with Crippen molar-refractivity contribution in [2.75, 3.05) is 31.1 Å². The van der Waals surface area contributed by atoms with Gasteiger partial charge in [0.2, 0.25) is 5.91 Å². The molecule has 2 saturated heterocycles. The van der Waals surface area contributed by atoms with Crippen molar-refractivity contribution < 1.29 is 14.3 Å². The Morgan fingerprint density at radius 3 is 2.31 bits per heavy atom. The Hall–Kier alpha value is -3.39. The van der Waals surface area contributed by atoms with E-state index in [0.717, 1.165) is 42.6 Å². The summed E-state index contributed by atoms with van der Waals surface area (Å²) in [6.45, 7) is 5.19. The standard InChI is InChI=1S/C24H24N4O3S/c1-2-19(29)27-12-24(13-27)14-28(15-24)23-26-20(21(32-23)22(25)30)16-8-10-18(11-9-16)31-17-6-4-3-5-7-17/h3-11H,2,12-15H2,1H3,(H2,25,30). The number of anilines is 1. The van der Waals surface area contributed by atoms with Gasteiger partial charge in [-0.1, -0.05) is 36.5 Å². The average molecular weight is 449 g/mol. The molecule has 7 nitrogen and oxygen atoms in total. The molecule has 3 heterocycles. The SMILES string of the molecule is CCC(=O)N1CC2(C1)CN(c1nc(-c3ccc(Oc4ccccc4)cc3)c(C(N)=O)s1)C2. The maximum absolute atomic E-state index is 12.1. The molecule has 2 aliphatic heterocycles. The quantitative estimate of drug-likeness (QED) is 0.620. The number of likely N-dealkylation sites (tertiary alicyclic amines) is 1. The molecule has 164 valence electrons. The molecule has 2 N–H and O–H groups in total. The summed E-state index contributed by atoms with van der Waals surface area (Å²) in [5.74, 6) is 1.20. The lowest BCUT2D eigenvalue weighted by Gasteiger charge is -2.60. The van der Waals surface area contributed by atoms with E-state index in [-0.39, 0.29) is 11.3 Å². The predicted octanol–water partition coefficient (Wildman–Crippen LogP) is 3.76. The van der Waals surface area contributed by atoms with Crippen molar-refractivity contribution in [2.45, 2.75) is 13.3 Å². The Balaban J connectivity index is 1.30. The average Bonchev–Trinajstić information content (AvgIpc) is 3.18. The van der Waals surface area contributed by atoms with Crippen LogP contribution in [-0.2, 0) is 4.79 Å². The number of aromatic nitrogens is 1. The van der Waals surface area contributed by atoms with Gasteiger partial charge in [-0.25, -0.2) is 4.98 Å². The normalized spacial score (nSPS) is 16.4. The van der Waals surface area contributed by atoms with Crippen LogP contribution < -0.4 is 15.4 Å². The molecule has 0 radical (unpaired) electrons. The van der Waals surface area contributed by atoms with E-state index in [2.05, 4.69) is 4.90 Å². The van der Waals surface area contributed by atoms with Crippen LogP contribution in [0.5, 0.6) is 11.5 Å². The molecule has 5 rings (SSSR count). The van der Waals surface area contributed by atoms with E-state index < -0.39 is 5.91 Å². The Bertz CT molecular complexity index is 1150. The molecule has 0 atom stereocenters. The highest BCUT2D eigenvalue weighted by Gasteiger charge is 2.53. The number of para-hydroxylation sites is 1. The monoisotopic (exact) mass is 448 g/mol. The van der Waals surface area contributed by atoms with Crippen molar-refractivity contribution in [1.82, 2.24) is 9.88 Å². The van der Waals surface area contributed by atoms with Crippen molar-refractivity contribution in [3.05, 3.63) is 59.5 Å². The maximum atomic E-state index is 12.1. The summed E-state index contributed by atoms with van der Waals surface area (Å²) >= 11 is 1.33. The summed E-state index contributed by atoms with van der Waals surface area (Å²) in [6, 6.07) is 17.1. The highest BCUT2D eigenvalue weighted by atomic mass is 32.1. The maximum Gasteiger partial charge on any atom is 0.261 e. The molecule has 3 aromatic rings. The summed E-state index contributed by atoms with van der Waals surface area (Å²) in [4.78, 5) is 33.2. The van der Waals surface area contributed by atoms with Crippen molar-refractivity contribution in [3.63, 3.8) is 0 Å². The number of hydrogen-bond donors (Lipinski definition) is 1. The number of benzene rings is 2. The summed E-state index contributed by atoms with van der Waals surface area (Å²) in [5.41, 5.74) is 7.24. The van der Waals surface area contributed by atoms with Gasteiger partial charge in [-0.15, -0.1) is 0 Å². The summed E-state index contributed by atoms with van der Waals surface area (Å²) in [7, 11) is 0. The number of hydrogen-bond acceptors (Lipinski definition) is 6. The molecule has 1 spiro atoms.